The summed E-state index contributed by atoms with van der Waals surface area (Å²) in [6.07, 6.45) is 4.87. The van der Waals surface area contributed by atoms with Crippen molar-refractivity contribution in [1.29, 1.82) is 0 Å². The standard InChI is InChI=1S/C20H24ClN5O2/c1-24(9-13-4-2-3-5-18(13)21)17-6-14-10-25(11-15(14)7-17)20(28)26-12-16(8-23-26)19(22)27/h2-5,8,12,14-15,17H,6-7,9-11H2,1H3,(H2,22,27)/t14-,15+,17+. The highest BCUT2D eigenvalue weighted by molar-refractivity contribution is 6.31. The van der Waals surface area contributed by atoms with Crippen molar-refractivity contribution >= 4 is 23.5 Å². The normalized spacial score (nSPS) is 24.0. The predicted octanol–water partition coefficient (Wildman–Crippen LogP) is 2.45. The van der Waals surface area contributed by atoms with E-state index in [4.69, 9.17) is 17.3 Å². The largest absolute Gasteiger partial charge is 0.366 e. The van der Waals surface area contributed by atoms with E-state index >= 15 is 0 Å². The van der Waals surface area contributed by atoms with Gasteiger partial charge in [0.2, 0.25) is 0 Å². The summed E-state index contributed by atoms with van der Waals surface area (Å²) in [6, 6.07) is 8.26. The highest BCUT2D eigenvalue weighted by Crippen LogP contribution is 2.40. The minimum atomic E-state index is -0.582. The number of hydrogen-bond acceptors (Lipinski definition) is 4. The maximum absolute atomic E-state index is 12.7. The molecule has 1 aromatic carbocycles. The number of nitrogens with zero attached hydrogens (tertiary/aromatic N) is 4. The van der Waals surface area contributed by atoms with E-state index in [1.165, 1.54) is 17.1 Å². The summed E-state index contributed by atoms with van der Waals surface area (Å²) in [5.74, 6) is 0.407. The molecule has 0 bridgehead atoms. The van der Waals surface area contributed by atoms with Gasteiger partial charge in [-0.3, -0.25) is 9.69 Å². The molecular weight excluding hydrogens is 378 g/mol. The third-order valence-corrected chi connectivity index (χ3v) is 6.43. The number of benzene rings is 1. The molecule has 4 rings (SSSR count). The van der Waals surface area contributed by atoms with Crippen LogP contribution in [-0.2, 0) is 6.54 Å². The molecule has 2 aromatic rings. The highest BCUT2D eigenvalue weighted by atomic mass is 35.5. The van der Waals surface area contributed by atoms with Crippen LogP contribution in [0.4, 0.5) is 4.79 Å². The SMILES string of the molecule is CN(Cc1ccccc1Cl)[C@H]1C[C@@H]2CN(C(=O)n3cc(C(N)=O)cn3)C[C@@H]2C1. The maximum Gasteiger partial charge on any atom is 0.344 e. The fourth-order valence-corrected chi connectivity index (χ4v) is 4.70. The molecule has 0 radical (unpaired) electrons. The van der Waals surface area contributed by atoms with Gasteiger partial charge < -0.3 is 10.6 Å². The zero-order chi connectivity index (χ0) is 19.8. The van der Waals surface area contributed by atoms with E-state index in [2.05, 4.69) is 23.1 Å². The van der Waals surface area contributed by atoms with Gasteiger partial charge in [-0.2, -0.15) is 9.78 Å². The summed E-state index contributed by atoms with van der Waals surface area (Å²) in [6.45, 7) is 2.28. The van der Waals surface area contributed by atoms with Crippen LogP contribution in [0.1, 0.15) is 28.8 Å². The van der Waals surface area contributed by atoms with Gasteiger partial charge in [-0.25, -0.2) is 4.79 Å². The van der Waals surface area contributed by atoms with E-state index in [9.17, 15) is 9.59 Å². The Hall–Kier alpha value is -2.38. The van der Waals surface area contributed by atoms with Crippen LogP contribution in [0.3, 0.4) is 0 Å². The number of aromatic nitrogens is 2. The lowest BCUT2D eigenvalue weighted by Crippen LogP contribution is -2.36. The number of amides is 2. The van der Waals surface area contributed by atoms with Crippen molar-refractivity contribution in [2.75, 3.05) is 20.1 Å². The number of fused-ring (bicyclic) bond motifs is 1. The van der Waals surface area contributed by atoms with Gasteiger partial charge in [0.1, 0.15) is 0 Å². The first kappa shape index (κ1) is 19.0. The molecule has 0 spiro atoms. The molecule has 2 heterocycles. The van der Waals surface area contributed by atoms with Gasteiger partial charge in [-0.05, 0) is 43.4 Å². The lowest BCUT2D eigenvalue weighted by Gasteiger charge is -2.26. The molecule has 3 atom stereocenters. The molecule has 2 N–H and O–H groups in total. The third-order valence-electron chi connectivity index (χ3n) is 6.06. The zero-order valence-corrected chi connectivity index (χ0v) is 16.5. The van der Waals surface area contributed by atoms with Crippen molar-refractivity contribution in [1.82, 2.24) is 19.6 Å². The molecule has 2 fully saturated rings. The maximum atomic E-state index is 12.7. The number of carbonyl (C=O) groups excluding carboxylic acids is 2. The van der Waals surface area contributed by atoms with E-state index in [0.29, 0.717) is 17.9 Å². The van der Waals surface area contributed by atoms with Crippen LogP contribution in [-0.4, -0.2) is 57.7 Å². The van der Waals surface area contributed by atoms with Crippen molar-refractivity contribution in [3.05, 3.63) is 52.8 Å². The Morgan fingerprint density at radius 3 is 2.54 bits per heavy atom. The second kappa shape index (κ2) is 7.56. The lowest BCUT2D eigenvalue weighted by molar-refractivity contribution is 0.100. The zero-order valence-electron chi connectivity index (χ0n) is 15.8. The Morgan fingerprint density at radius 1 is 1.25 bits per heavy atom. The van der Waals surface area contributed by atoms with Crippen LogP contribution < -0.4 is 5.73 Å². The van der Waals surface area contributed by atoms with Crippen LogP contribution in [0, 0.1) is 11.8 Å². The number of halogens is 1. The molecule has 1 aliphatic carbocycles. The van der Waals surface area contributed by atoms with Crippen LogP contribution >= 0.6 is 11.6 Å². The van der Waals surface area contributed by atoms with Gasteiger partial charge in [0.25, 0.3) is 5.91 Å². The van der Waals surface area contributed by atoms with Gasteiger partial charge >= 0.3 is 6.03 Å². The minimum Gasteiger partial charge on any atom is -0.366 e. The van der Waals surface area contributed by atoms with Crippen LogP contribution in [0.5, 0.6) is 0 Å². The van der Waals surface area contributed by atoms with Gasteiger partial charge in [-0.1, -0.05) is 29.8 Å². The first-order chi connectivity index (χ1) is 13.4. The lowest BCUT2D eigenvalue weighted by atomic mass is 10.0. The average Bonchev–Trinajstić information content (AvgIpc) is 3.37. The Labute approximate surface area is 169 Å². The van der Waals surface area contributed by atoms with Gasteiger partial charge in [0, 0.05) is 36.9 Å². The molecule has 1 saturated heterocycles. The predicted molar refractivity (Wildman–Crippen MR) is 106 cm³/mol. The van der Waals surface area contributed by atoms with Crippen LogP contribution in [0.15, 0.2) is 36.7 Å². The van der Waals surface area contributed by atoms with Crippen molar-refractivity contribution in [3.63, 3.8) is 0 Å². The second-order valence-electron chi connectivity index (χ2n) is 7.88. The van der Waals surface area contributed by atoms with Gasteiger partial charge in [0.05, 0.1) is 11.8 Å². The number of nitrogens with two attached hydrogens (primary N) is 1. The van der Waals surface area contributed by atoms with Crippen molar-refractivity contribution < 1.29 is 9.59 Å². The van der Waals surface area contributed by atoms with Crippen molar-refractivity contribution in [2.45, 2.75) is 25.4 Å². The van der Waals surface area contributed by atoms with E-state index in [0.717, 1.165) is 43.1 Å². The average molecular weight is 402 g/mol. The topological polar surface area (TPSA) is 84.5 Å². The Morgan fingerprint density at radius 2 is 1.93 bits per heavy atom. The molecule has 148 valence electrons. The molecule has 2 amide bonds. The summed E-state index contributed by atoms with van der Waals surface area (Å²) in [5.41, 5.74) is 6.62. The first-order valence-corrected chi connectivity index (χ1v) is 9.87. The highest BCUT2D eigenvalue weighted by Gasteiger charge is 2.43. The second-order valence-corrected chi connectivity index (χ2v) is 8.28. The Bertz CT molecular complexity index is 884. The third kappa shape index (κ3) is 3.64. The molecule has 2 aliphatic rings. The minimum absolute atomic E-state index is 0.192. The molecule has 1 aliphatic heterocycles. The Balaban J connectivity index is 1.34. The molecule has 0 unspecified atom stereocenters. The van der Waals surface area contributed by atoms with Crippen molar-refractivity contribution in [3.8, 4) is 0 Å². The summed E-state index contributed by atoms with van der Waals surface area (Å²) in [7, 11) is 2.15. The summed E-state index contributed by atoms with van der Waals surface area (Å²) in [4.78, 5) is 28.1. The van der Waals surface area contributed by atoms with Crippen LogP contribution in [0.25, 0.3) is 0 Å². The molecule has 28 heavy (non-hydrogen) atoms. The number of carbonyl (C=O) groups is 2. The number of likely N-dealkylation sites (tertiary alicyclic amines) is 1. The quantitative estimate of drug-likeness (QED) is 0.852. The Kier molecular flexibility index (Phi) is 5.12. The monoisotopic (exact) mass is 401 g/mol. The fraction of sp³-hybridized carbons (Fsp3) is 0.450. The van der Waals surface area contributed by atoms with Crippen molar-refractivity contribution in [2.24, 2.45) is 17.6 Å². The summed E-state index contributed by atoms with van der Waals surface area (Å²) in [5, 5.41) is 4.78. The number of hydrogen-bond donors (Lipinski definition) is 1. The van der Waals surface area contributed by atoms with E-state index in [-0.39, 0.29) is 11.6 Å². The first-order valence-electron chi connectivity index (χ1n) is 9.49. The summed E-state index contributed by atoms with van der Waals surface area (Å²) >= 11 is 6.30. The van der Waals surface area contributed by atoms with Gasteiger partial charge in [0.15, 0.2) is 0 Å². The molecular formula is C20H24ClN5O2. The van der Waals surface area contributed by atoms with E-state index < -0.39 is 5.91 Å². The van der Waals surface area contributed by atoms with E-state index in [1.807, 2.05) is 23.1 Å². The molecule has 1 aromatic heterocycles. The smallest absolute Gasteiger partial charge is 0.344 e. The van der Waals surface area contributed by atoms with Crippen LogP contribution in [0.2, 0.25) is 5.02 Å². The number of rotatable bonds is 4. The summed E-state index contributed by atoms with van der Waals surface area (Å²) < 4.78 is 1.21. The number of primary amides is 1. The van der Waals surface area contributed by atoms with Gasteiger partial charge in [-0.15, -0.1) is 0 Å². The van der Waals surface area contributed by atoms with E-state index in [1.54, 1.807) is 0 Å². The molecule has 8 heteroatoms. The fourth-order valence-electron chi connectivity index (χ4n) is 4.51. The molecule has 1 saturated carbocycles. The molecule has 7 nitrogen and oxygen atoms in total.